The molecule has 0 saturated heterocycles. The number of aromatic nitrogens is 2. The van der Waals surface area contributed by atoms with Crippen LogP contribution in [0.2, 0.25) is 0 Å². The van der Waals surface area contributed by atoms with Gasteiger partial charge in [0.1, 0.15) is 5.82 Å². The van der Waals surface area contributed by atoms with Crippen molar-refractivity contribution < 1.29 is 0 Å². The number of rotatable bonds is 3. The molecule has 14 heavy (non-hydrogen) atoms. The van der Waals surface area contributed by atoms with E-state index in [1.165, 1.54) is 30.1 Å². The van der Waals surface area contributed by atoms with Crippen LogP contribution in [0, 0.1) is 6.92 Å². The Labute approximate surface area is 85.5 Å². The van der Waals surface area contributed by atoms with E-state index in [0.29, 0.717) is 0 Å². The van der Waals surface area contributed by atoms with E-state index in [4.69, 9.17) is 0 Å². The number of hydrogen-bond acceptors (Lipinski definition) is 2. The average Bonchev–Trinajstić information content (AvgIpc) is 2.51. The number of hydrogen-bond donors (Lipinski definition) is 1. The molecule has 2 rings (SSSR count). The summed E-state index contributed by atoms with van der Waals surface area (Å²) < 4.78 is 2.40. The highest BCUT2D eigenvalue weighted by atomic mass is 15.1. The van der Waals surface area contributed by atoms with Crippen LogP contribution in [0.4, 0.5) is 0 Å². The molecule has 0 spiro atoms. The molecule has 2 heterocycles. The van der Waals surface area contributed by atoms with Crippen LogP contribution < -0.4 is 5.32 Å². The van der Waals surface area contributed by atoms with Crippen molar-refractivity contribution >= 4 is 0 Å². The lowest BCUT2D eigenvalue weighted by Gasteiger charge is -2.15. The molecule has 0 saturated carbocycles. The standard InChI is InChI=1S/C11H19N3/c1-3-4-7-14-9(2)13-10-8-12-6-5-11(10)14/h12H,3-8H2,1-2H3. The van der Waals surface area contributed by atoms with Gasteiger partial charge < -0.3 is 9.88 Å². The molecule has 3 heteroatoms. The summed E-state index contributed by atoms with van der Waals surface area (Å²) >= 11 is 0. The van der Waals surface area contributed by atoms with Crippen LogP contribution in [0.15, 0.2) is 0 Å². The van der Waals surface area contributed by atoms with Crippen LogP contribution in [0.25, 0.3) is 0 Å². The molecule has 3 nitrogen and oxygen atoms in total. The summed E-state index contributed by atoms with van der Waals surface area (Å²) in [5, 5.41) is 3.36. The third-order valence-corrected chi connectivity index (χ3v) is 2.91. The molecule has 0 radical (unpaired) electrons. The number of aryl methyl sites for hydroxylation is 1. The van der Waals surface area contributed by atoms with E-state index in [-0.39, 0.29) is 0 Å². The highest BCUT2D eigenvalue weighted by molar-refractivity contribution is 5.19. The molecule has 0 bridgehead atoms. The van der Waals surface area contributed by atoms with Gasteiger partial charge in [0.2, 0.25) is 0 Å². The molecule has 1 aromatic heterocycles. The van der Waals surface area contributed by atoms with E-state index in [2.05, 4.69) is 28.7 Å². The second kappa shape index (κ2) is 4.13. The second-order valence-corrected chi connectivity index (χ2v) is 3.98. The molecule has 0 aliphatic carbocycles. The fraction of sp³-hybridized carbons (Fsp3) is 0.727. The molecule has 0 unspecified atom stereocenters. The van der Waals surface area contributed by atoms with Crippen LogP contribution in [0.3, 0.4) is 0 Å². The Morgan fingerprint density at radius 2 is 2.36 bits per heavy atom. The second-order valence-electron chi connectivity index (χ2n) is 3.98. The van der Waals surface area contributed by atoms with E-state index in [1.54, 1.807) is 0 Å². The lowest BCUT2D eigenvalue weighted by molar-refractivity contribution is 0.560. The van der Waals surface area contributed by atoms with E-state index < -0.39 is 0 Å². The number of nitrogens with zero attached hydrogens (tertiary/aromatic N) is 2. The first kappa shape index (κ1) is 9.71. The van der Waals surface area contributed by atoms with E-state index in [1.807, 2.05) is 0 Å². The van der Waals surface area contributed by atoms with Crippen molar-refractivity contribution in [3.63, 3.8) is 0 Å². The van der Waals surface area contributed by atoms with Gasteiger partial charge in [-0.2, -0.15) is 0 Å². The van der Waals surface area contributed by atoms with Gasteiger partial charge in [0, 0.05) is 31.7 Å². The first-order valence-electron chi connectivity index (χ1n) is 5.58. The van der Waals surface area contributed by atoms with Crippen molar-refractivity contribution in [2.75, 3.05) is 6.54 Å². The van der Waals surface area contributed by atoms with E-state index in [0.717, 1.165) is 26.1 Å². The van der Waals surface area contributed by atoms with Gasteiger partial charge in [0.15, 0.2) is 0 Å². The summed E-state index contributed by atoms with van der Waals surface area (Å²) in [6.07, 6.45) is 3.65. The highest BCUT2D eigenvalue weighted by Crippen LogP contribution is 2.16. The topological polar surface area (TPSA) is 29.9 Å². The summed E-state index contributed by atoms with van der Waals surface area (Å²) in [5.41, 5.74) is 2.74. The van der Waals surface area contributed by atoms with Gasteiger partial charge in [-0.3, -0.25) is 0 Å². The quantitative estimate of drug-likeness (QED) is 0.791. The van der Waals surface area contributed by atoms with Crippen LogP contribution in [0.1, 0.15) is 37.0 Å². The fourth-order valence-corrected chi connectivity index (χ4v) is 2.12. The number of unbranched alkanes of at least 4 members (excludes halogenated alkanes) is 1. The molecular formula is C11H19N3. The fourth-order valence-electron chi connectivity index (χ4n) is 2.12. The minimum Gasteiger partial charge on any atom is -0.332 e. The zero-order chi connectivity index (χ0) is 9.97. The molecule has 0 fully saturated rings. The first-order valence-corrected chi connectivity index (χ1v) is 5.58. The lowest BCUT2D eigenvalue weighted by Crippen LogP contribution is -2.25. The third-order valence-electron chi connectivity index (χ3n) is 2.91. The summed E-state index contributed by atoms with van der Waals surface area (Å²) in [5.74, 6) is 1.19. The summed E-state index contributed by atoms with van der Waals surface area (Å²) in [6.45, 7) is 7.55. The molecular weight excluding hydrogens is 174 g/mol. The predicted octanol–water partition coefficient (Wildman–Crippen LogP) is 1.64. The number of fused-ring (bicyclic) bond motifs is 1. The Kier molecular flexibility index (Phi) is 2.87. The van der Waals surface area contributed by atoms with Gasteiger partial charge in [-0.15, -0.1) is 0 Å². The maximum absolute atomic E-state index is 4.60. The molecule has 1 aliphatic heterocycles. The largest absolute Gasteiger partial charge is 0.332 e. The Hall–Kier alpha value is -0.830. The van der Waals surface area contributed by atoms with Crippen LogP contribution in [0.5, 0.6) is 0 Å². The maximum atomic E-state index is 4.60. The van der Waals surface area contributed by atoms with Gasteiger partial charge in [-0.05, 0) is 13.3 Å². The number of imidazole rings is 1. The van der Waals surface area contributed by atoms with Gasteiger partial charge in [0.05, 0.1) is 5.69 Å². The molecule has 1 aromatic rings. The Bertz CT molecular complexity index is 315. The van der Waals surface area contributed by atoms with Gasteiger partial charge in [0.25, 0.3) is 0 Å². The third kappa shape index (κ3) is 1.69. The summed E-state index contributed by atoms with van der Waals surface area (Å²) in [7, 11) is 0. The molecule has 0 amide bonds. The normalized spacial score (nSPS) is 15.6. The van der Waals surface area contributed by atoms with Crippen LogP contribution >= 0.6 is 0 Å². The summed E-state index contributed by atoms with van der Waals surface area (Å²) in [6, 6.07) is 0. The van der Waals surface area contributed by atoms with Crippen molar-refractivity contribution in [3.05, 3.63) is 17.2 Å². The number of nitrogens with one attached hydrogen (secondary N) is 1. The summed E-state index contributed by atoms with van der Waals surface area (Å²) in [4.78, 5) is 4.60. The zero-order valence-electron chi connectivity index (χ0n) is 9.14. The van der Waals surface area contributed by atoms with E-state index in [9.17, 15) is 0 Å². The van der Waals surface area contributed by atoms with Crippen LogP contribution in [-0.2, 0) is 19.5 Å². The SMILES string of the molecule is CCCCn1c(C)nc2c1CCNC2. The van der Waals surface area contributed by atoms with Crippen molar-refractivity contribution in [2.45, 2.75) is 46.2 Å². The van der Waals surface area contributed by atoms with Crippen molar-refractivity contribution in [1.29, 1.82) is 0 Å². The highest BCUT2D eigenvalue weighted by Gasteiger charge is 2.16. The minimum atomic E-state index is 0.954. The monoisotopic (exact) mass is 193 g/mol. The Balaban J connectivity index is 2.24. The van der Waals surface area contributed by atoms with Gasteiger partial charge >= 0.3 is 0 Å². The maximum Gasteiger partial charge on any atom is 0.106 e. The van der Waals surface area contributed by atoms with Gasteiger partial charge in [-0.25, -0.2) is 4.98 Å². The van der Waals surface area contributed by atoms with Crippen molar-refractivity contribution in [1.82, 2.24) is 14.9 Å². The minimum absolute atomic E-state index is 0.954. The molecule has 1 N–H and O–H groups in total. The Morgan fingerprint density at radius 1 is 1.50 bits per heavy atom. The Morgan fingerprint density at radius 3 is 3.14 bits per heavy atom. The van der Waals surface area contributed by atoms with Crippen molar-refractivity contribution in [2.24, 2.45) is 0 Å². The van der Waals surface area contributed by atoms with Crippen molar-refractivity contribution in [3.8, 4) is 0 Å². The molecule has 78 valence electrons. The van der Waals surface area contributed by atoms with Crippen LogP contribution in [-0.4, -0.2) is 16.1 Å². The molecule has 0 aromatic carbocycles. The average molecular weight is 193 g/mol. The van der Waals surface area contributed by atoms with Gasteiger partial charge in [-0.1, -0.05) is 13.3 Å². The molecule has 1 aliphatic rings. The zero-order valence-corrected chi connectivity index (χ0v) is 9.14. The lowest BCUT2D eigenvalue weighted by atomic mass is 10.2. The molecule has 0 atom stereocenters. The smallest absolute Gasteiger partial charge is 0.106 e. The first-order chi connectivity index (χ1) is 6.83. The predicted molar refractivity (Wildman–Crippen MR) is 57.3 cm³/mol. The van der Waals surface area contributed by atoms with E-state index >= 15 is 0 Å².